The minimum absolute atomic E-state index is 0.105. The number of rotatable bonds is 3. The average molecular weight is 357 g/mol. The summed E-state index contributed by atoms with van der Waals surface area (Å²) in [5.41, 5.74) is 7.05. The van der Waals surface area contributed by atoms with E-state index in [1.165, 1.54) is 16.2 Å². The zero-order chi connectivity index (χ0) is 11.7. The molecule has 6 heteroatoms. The second-order valence-electron chi connectivity index (χ2n) is 3.28. The van der Waals surface area contributed by atoms with E-state index in [1.807, 2.05) is 17.5 Å². The molecule has 1 nitrogen and oxygen atoms in total. The third-order valence-electron chi connectivity index (χ3n) is 2.18. The molecule has 1 unspecified atom stereocenters. The molecule has 2 rings (SSSR count). The fourth-order valence-electron chi connectivity index (χ4n) is 1.39. The zero-order valence-electron chi connectivity index (χ0n) is 8.04. The maximum Gasteiger partial charge on any atom is 0.0992 e. The Labute approximate surface area is 120 Å². The average Bonchev–Trinajstić information content (AvgIpc) is 2.74. The van der Waals surface area contributed by atoms with Crippen LogP contribution < -0.4 is 5.73 Å². The van der Waals surface area contributed by atoms with Crippen molar-refractivity contribution in [2.75, 3.05) is 0 Å². The summed E-state index contributed by atoms with van der Waals surface area (Å²) in [6.45, 7) is 0. The molecule has 2 heterocycles. The lowest BCUT2D eigenvalue weighted by Gasteiger charge is -2.09. The van der Waals surface area contributed by atoms with Crippen LogP contribution in [0.3, 0.4) is 0 Å². The first-order valence-electron chi connectivity index (χ1n) is 4.50. The minimum Gasteiger partial charge on any atom is -0.324 e. The lowest BCUT2D eigenvalue weighted by molar-refractivity contribution is 0.732. The van der Waals surface area contributed by atoms with Crippen LogP contribution in [0.15, 0.2) is 22.0 Å². The van der Waals surface area contributed by atoms with Gasteiger partial charge in [-0.25, -0.2) is 0 Å². The second kappa shape index (κ2) is 5.38. The van der Waals surface area contributed by atoms with Crippen LogP contribution in [0, 0.1) is 0 Å². The predicted molar refractivity (Wildman–Crippen MR) is 77.0 cm³/mol. The van der Waals surface area contributed by atoms with E-state index in [-0.39, 0.29) is 6.04 Å². The molecule has 0 spiro atoms. The molecule has 0 aliphatic carbocycles. The van der Waals surface area contributed by atoms with Gasteiger partial charge >= 0.3 is 0 Å². The summed E-state index contributed by atoms with van der Waals surface area (Å²) in [5.74, 6) is 0. The van der Waals surface area contributed by atoms with Crippen molar-refractivity contribution in [3.05, 3.63) is 41.1 Å². The first-order chi connectivity index (χ1) is 7.58. The molecular formula is C10H8BrCl2NS2. The Morgan fingerprint density at radius 2 is 2.19 bits per heavy atom. The van der Waals surface area contributed by atoms with Gasteiger partial charge in [-0.2, -0.15) is 0 Å². The van der Waals surface area contributed by atoms with E-state index in [9.17, 15) is 0 Å². The van der Waals surface area contributed by atoms with Gasteiger partial charge < -0.3 is 5.73 Å². The number of hydrogen-bond acceptors (Lipinski definition) is 3. The Morgan fingerprint density at radius 3 is 2.69 bits per heavy atom. The second-order valence-corrected chi connectivity index (χ2v) is 7.42. The number of halogens is 3. The molecule has 2 N–H and O–H groups in total. The standard InChI is InChI=1S/C10H8BrCl2NS2/c11-6-1-2-15-8(6)4-7(14)5-3-9(12)16-10(5)13/h1-3,7H,4,14H2. The molecular weight excluding hydrogens is 349 g/mol. The summed E-state index contributed by atoms with van der Waals surface area (Å²) in [6, 6.07) is 3.77. The van der Waals surface area contributed by atoms with E-state index in [4.69, 9.17) is 28.9 Å². The number of hydrogen-bond donors (Lipinski definition) is 1. The van der Waals surface area contributed by atoms with Crippen molar-refractivity contribution in [2.24, 2.45) is 5.73 Å². The fraction of sp³-hybridized carbons (Fsp3) is 0.200. The highest BCUT2D eigenvalue weighted by atomic mass is 79.9. The van der Waals surface area contributed by atoms with Crippen LogP contribution >= 0.6 is 61.8 Å². The van der Waals surface area contributed by atoms with Gasteiger partial charge in [0.05, 0.1) is 8.67 Å². The first kappa shape index (κ1) is 12.9. The Balaban J connectivity index is 2.17. The topological polar surface area (TPSA) is 26.0 Å². The van der Waals surface area contributed by atoms with Crippen LogP contribution in [0.4, 0.5) is 0 Å². The van der Waals surface area contributed by atoms with E-state index < -0.39 is 0 Å². The SMILES string of the molecule is NC(Cc1sccc1Br)c1cc(Cl)sc1Cl. The smallest absolute Gasteiger partial charge is 0.0992 e. The maximum atomic E-state index is 6.12. The highest BCUT2D eigenvalue weighted by molar-refractivity contribution is 9.10. The summed E-state index contributed by atoms with van der Waals surface area (Å²) >= 11 is 18.5. The Hall–Kier alpha value is 0.420. The van der Waals surface area contributed by atoms with Gasteiger partial charge in [0.25, 0.3) is 0 Å². The van der Waals surface area contributed by atoms with Crippen LogP contribution in [0.1, 0.15) is 16.5 Å². The highest BCUT2D eigenvalue weighted by Gasteiger charge is 2.16. The Morgan fingerprint density at radius 1 is 1.44 bits per heavy atom. The molecule has 86 valence electrons. The largest absolute Gasteiger partial charge is 0.324 e. The van der Waals surface area contributed by atoms with Gasteiger partial charge in [-0.05, 0) is 33.4 Å². The van der Waals surface area contributed by atoms with Crippen LogP contribution in [0.2, 0.25) is 8.67 Å². The van der Waals surface area contributed by atoms with Crippen LogP contribution in [-0.4, -0.2) is 0 Å². The number of thiophene rings is 2. The van der Waals surface area contributed by atoms with Crippen molar-refractivity contribution in [3.63, 3.8) is 0 Å². The van der Waals surface area contributed by atoms with E-state index in [1.54, 1.807) is 11.3 Å². The quantitative estimate of drug-likeness (QED) is 0.811. The molecule has 0 radical (unpaired) electrons. The van der Waals surface area contributed by atoms with Crippen molar-refractivity contribution in [1.29, 1.82) is 0 Å². The number of nitrogens with two attached hydrogens (primary N) is 1. The lowest BCUT2D eigenvalue weighted by Crippen LogP contribution is -2.12. The van der Waals surface area contributed by atoms with Crippen molar-refractivity contribution < 1.29 is 0 Å². The molecule has 0 saturated heterocycles. The molecule has 16 heavy (non-hydrogen) atoms. The van der Waals surface area contributed by atoms with E-state index in [0.717, 1.165) is 16.5 Å². The first-order valence-corrected chi connectivity index (χ1v) is 7.74. The minimum atomic E-state index is -0.105. The third-order valence-corrected chi connectivity index (χ3v) is 5.65. The molecule has 0 bridgehead atoms. The predicted octanol–water partition coefficient (Wildman–Crippen LogP) is 5.12. The molecule has 0 aliphatic rings. The van der Waals surface area contributed by atoms with Gasteiger partial charge in [0.2, 0.25) is 0 Å². The van der Waals surface area contributed by atoms with Gasteiger partial charge in [-0.15, -0.1) is 22.7 Å². The van der Waals surface area contributed by atoms with Crippen LogP contribution in [0.25, 0.3) is 0 Å². The van der Waals surface area contributed by atoms with Gasteiger partial charge in [-0.3, -0.25) is 0 Å². The molecule has 0 aliphatic heterocycles. The van der Waals surface area contributed by atoms with E-state index >= 15 is 0 Å². The van der Waals surface area contributed by atoms with Crippen molar-refractivity contribution in [2.45, 2.75) is 12.5 Å². The van der Waals surface area contributed by atoms with Crippen molar-refractivity contribution in [3.8, 4) is 0 Å². The van der Waals surface area contributed by atoms with E-state index in [2.05, 4.69) is 15.9 Å². The molecule has 0 aromatic carbocycles. The Kier molecular flexibility index (Phi) is 4.32. The van der Waals surface area contributed by atoms with Gasteiger partial charge in [0, 0.05) is 27.4 Å². The monoisotopic (exact) mass is 355 g/mol. The van der Waals surface area contributed by atoms with E-state index in [0.29, 0.717) is 8.67 Å². The molecule has 0 fully saturated rings. The fourth-order valence-corrected chi connectivity index (χ4v) is 4.56. The lowest BCUT2D eigenvalue weighted by atomic mass is 10.1. The Bertz CT molecular complexity index is 495. The van der Waals surface area contributed by atoms with Crippen LogP contribution in [0.5, 0.6) is 0 Å². The third kappa shape index (κ3) is 2.81. The molecule has 1 atom stereocenters. The summed E-state index contributed by atoms with van der Waals surface area (Å²) in [7, 11) is 0. The molecule has 0 amide bonds. The summed E-state index contributed by atoms with van der Waals surface area (Å²) in [6.07, 6.45) is 0.769. The maximum absolute atomic E-state index is 6.12. The normalized spacial score (nSPS) is 13.0. The summed E-state index contributed by atoms with van der Waals surface area (Å²) in [5, 5.41) is 2.04. The van der Waals surface area contributed by atoms with Crippen molar-refractivity contribution >= 4 is 61.8 Å². The van der Waals surface area contributed by atoms with Crippen LogP contribution in [-0.2, 0) is 6.42 Å². The van der Waals surface area contributed by atoms with Crippen molar-refractivity contribution in [1.82, 2.24) is 0 Å². The summed E-state index contributed by atoms with van der Waals surface area (Å²) in [4.78, 5) is 1.23. The van der Waals surface area contributed by atoms with Gasteiger partial charge in [0.15, 0.2) is 0 Å². The molecule has 2 aromatic heterocycles. The van der Waals surface area contributed by atoms with Gasteiger partial charge in [-0.1, -0.05) is 23.2 Å². The zero-order valence-corrected chi connectivity index (χ0v) is 12.8. The summed E-state index contributed by atoms with van der Waals surface area (Å²) < 4.78 is 2.47. The molecule has 0 saturated carbocycles. The molecule has 2 aromatic rings. The highest BCUT2D eigenvalue weighted by Crippen LogP contribution is 2.36. The van der Waals surface area contributed by atoms with Gasteiger partial charge in [0.1, 0.15) is 0 Å².